The van der Waals surface area contributed by atoms with Crippen molar-refractivity contribution in [1.29, 1.82) is 0 Å². The first-order chi connectivity index (χ1) is 16.8. The molecule has 0 bridgehead atoms. The Kier molecular flexibility index (Phi) is 7.72. The van der Waals surface area contributed by atoms with E-state index in [2.05, 4.69) is 10.5 Å². The molecule has 0 aliphatic rings. The van der Waals surface area contributed by atoms with E-state index in [0.717, 1.165) is 42.6 Å². The van der Waals surface area contributed by atoms with Crippen LogP contribution in [0.4, 0.5) is 26.3 Å². The van der Waals surface area contributed by atoms with Crippen molar-refractivity contribution in [2.45, 2.75) is 23.7 Å². The molecule has 0 radical (unpaired) electrons. The summed E-state index contributed by atoms with van der Waals surface area (Å²) in [6.07, 6.45) is -8.33. The number of nitrogens with zero attached hydrogens (tertiary/aromatic N) is 1. The summed E-state index contributed by atoms with van der Waals surface area (Å²) in [6, 6.07) is 12.4. The molecule has 1 N–H and O–H groups in total. The first-order valence-corrected chi connectivity index (χ1v) is 11.4. The number of nitrogens with one attached hydrogen (secondary N) is 1. The number of hydrogen-bond donors (Lipinski definition) is 1. The lowest BCUT2D eigenvalue weighted by Crippen LogP contribution is -2.20. The second-order valence-corrected chi connectivity index (χ2v) is 8.81. The molecule has 0 atom stereocenters. The number of carbonyl (C=O) groups excluding carboxylic acids is 1. The second kappa shape index (κ2) is 10.4. The highest BCUT2D eigenvalue weighted by Gasteiger charge is 2.31. The number of amides is 1. The molecule has 3 aromatic carbocycles. The fourth-order valence-electron chi connectivity index (χ4n) is 2.85. The maximum Gasteiger partial charge on any atom is 0.416 e. The smallest absolute Gasteiger partial charge is 0.378 e. The maximum absolute atomic E-state index is 12.7. The summed E-state index contributed by atoms with van der Waals surface area (Å²) >= 11 is 0. The number of hydrogen-bond acceptors (Lipinski definition) is 5. The van der Waals surface area contributed by atoms with Crippen LogP contribution in [0.2, 0.25) is 0 Å². The van der Waals surface area contributed by atoms with Gasteiger partial charge >= 0.3 is 22.5 Å². The minimum absolute atomic E-state index is 0.114. The molecule has 0 fully saturated rings. The Balaban J connectivity index is 1.66. The molecule has 3 aromatic rings. The average molecular weight is 530 g/mol. The van der Waals surface area contributed by atoms with Gasteiger partial charge < -0.3 is 4.18 Å². The van der Waals surface area contributed by atoms with Gasteiger partial charge in [0.25, 0.3) is 0 Å². The predicted octanol–water partition coefficient (Wildman–Crippen LogP) is 5.18. The van der Waals surface area contributed by atoms with Gasteiger partial charge in [-0.05, 0) is 54.1 Å². The third-order valence-electron chi connectivity index (χ3n) is 4.63. The Hall–Kier alpha value is -3.87. The van der Waals surface area contributed by atoms with Gasteiger partial charge in [-0.15, -0.1) is 0 Å². The minimum Gasteiger partial charge on any atom is -0.378 e. The summed E-state index contributed by atoms with van der Waals surface area (Å²) in [5.41, 5.74) is 0.704. The zero-order chi connectivity index (χ0) is 26.6. The molecule has 3 rings (SSSR count). The molecule has 0 aliphatic heterocycles. The second-order valence-electron chi connectivity index (χ2n) is 7.26. The summed E-state index contributed by atoms with van der Waals surface area (Å²) < 4.78 is 106. The summed E-state index contributed by atoms with van der Waals surface area (Å²) in [5.74, 6) is -0.861. The Morgan fingerprint density at radius 1 is 0.833 bits per heavy atom. The average Bonchev–Trinajstić information content (AvgIpc) is 2.79. The van der Waals surface area contributed by atoms with Crippen LogP contribution in [0.5, 0.6) is 5.75 Å². The summed E-state index contributed by atoms with van der Waals surface area (Å²) in [4.78, 5) is 11.5. The number of para-hydroxylation sites is 1. The SMILES string of the molecule is O=C(Cc1ccc(C(F)(F)F)cc1)N/N=C/c1ccccc1OS(=O)(=O)c1ccc(C(F)(F)F)cc1. The quantitative estimate of drug-likeness (QED) is 0.197. The van der Waals surface area contributed by atoms with Crippen LogP contribution in [0.25, 0.3) is 0 Å². The Bertz CT molecular complexity index is 1350. The van der Waals surface area contributed by atoms with Crippen molar-refractivity contribution in [2.24, 2.45) is 5.10 Å². The standard InChI is InChI=1S/C23H16F6N2O4S/c24-22(25,26)17-7-5-15(6-8-17)13-21(32)31-30-14-16-3-1-2-4-20(16)35-36(33,34)19-11-9-18(10-12-19)23(27,28)29/h1-12,14H,13H2,(H,31,32)/b30-14+. The fraction of sp³-hybridized carbons (Fsp3) is 0.130. The molecular formula is C23H16F6N2O4S. The van der Waals surface area contributed by atoms with Crippen LogP contribution in [-0.2, 0) is 33.7 Å². The predicted molar refractivity (Wildman–Crippen MR) is 117 cm³/mol. The molecule has 0 aliphatic carbocycles. The Labute approximate surface area is 201 Å². The van der Waals surface area contributed by atoms with Gasteiger partial charge in [0.1, 0.15) is 4.90 Å². The van der Waals surface area contributed by atoms with Crippen molar-refractivity contribution < 1.29 is 43.7 Å². The molecule has 36 heavy (non-hydrogen) atoms. The van der Waals surface area contributed by atoms with Gasteiger partial charge in [-0.25, -0.2) is 5.43 Å². The third-order valence-corrected chi connectivity index (χ3v) is 5.88. The number of halogens is 6. The van der Waals surface area contributed by atoms with Gasteiger partial charge in [0, 0.05) is 5.56 Å². The number of rotatable bonds is 7. The summed E-state index contributed by atoms with van der Waals surface area (Å²) in [5, 5.41) is 3.69. The van der Waals surface area contributed by atoms with E-state index in [1.54, 1.807) is 0 Å². The zero-order valence-electron chi connectivity index (χ0n) is 18.0. The topological polar surface area (TPSA) is 84.8 Å². The Morgan fingerprint density at radius 3 is 1.92 bits per heavy atom. The van der Waals surface area contributed by atoms with Crippen LogP contribution >= 0.6 is 0 Å². The van der Waals surface area contributed by atoms with E-state index in [1.165, 1.54) is 24.3 Å². The van der Waals surface area contributed by atoms with Gasteiger partial charge in [-0.2, -0.15) is 39.9 Å². The van der Waals surface area contributed by atoms with E-state index in [-0.39, 0.29) is 17.7 Å². The van der Waals surface area contributed by atoms with Gasteiger partial charge in [0.15, 0.2) is 5.75 Å². The van der Waals surface area contributed by atoms with Gasteiger partial charge in [-0.3, -0.25) is 4.79 Å². The third kappa shape index (κ3) is 7.07. The molecule has 190 valence electrons. The van der Waals surface area contributed by atoms with Crippen molar-refractivity contribution in [3.8, 4) is 5.75 Å². The highest BCUT2D eigenvalue weighted by atomic mass is 32.2. The molecular weight excluding hydrogens is 514 g/mol. The van der Waals surface area contributed by atoms with Crippen molar-refractivity contribution in [2.75, 3.05) is 0 Å². The van der Waals surface area contributed by atoms with E-state index in [4.69, 9.17) is 4.18 Å². The van der Waals surface area contributed by atoms with Crippen LogP contribution in [0.1, 0.15) is 22.3 Å². The molecule has 0 heterocycles. The van der Waals surface area contributed by atoms with E-state index >= 15 is 0 Å². The highest BCUT2D eigenvalue weighted by molar-refractivity contribution is 7.87. The minimum atomic E-state index is -4.64. The van der Waals surface area contributed by atoms with E-state index in [9.17, 15) is 39.6 Å². The van der Waals surface area contributed by atoms with E-state index in [0.29, 0.717) is 17.7 Å². The number of benzene rings is 3. The number of carbonyl (C=O) groups is 1. The van der Waals surface area contributed by atoms with Crippen LogP contribution in [-0.4, -0.2) is 20.5 Å². The molecule has 0 aromatic heterocycles. The normalized spacial score (nSPS) is 12.5. The highest BCUT2D eigenvalue weighted by Crippen LogP contribution is 2.31. The molecule has 0 spiro atoms. The Morgan fingerprint density at radius 2 is 1.36 bits per heavy atom. The number of alkyl halides is 6. The van der Waals surface area contributed by atoms with Crippen LogP contribution in [0.3, 0.4) is 0 Å². The first kappa shape index (κ1) is 26.7. The molecule has 6 nitrogen and oxygen atoms in total. The largest absolute Gasteiger partial charge is 0.416 e. The van der Waals surface area contributed by atoms with E-state index in [1.807, 2.05) is 0 Å². The first-order valence-electron chi connectivity index (χ1n) is 9.94. The van der Waals surface area contributed by atoms with Crippen LogP contribution in [0, 0.1) is 0 Å². The molecule has 0 unspecified atom stereocenters. The van der Waals surface area contributed by atoms with Gasteiger partial charge in [0.05, 0.1) is 23.8 Å². The maximum atomic E-state index is 12.7. The molecule has 1 amide bonds. The summed E-state index contributed by atoms with van der Waals surface area (Å²) in [6.45, 7) is 0. The van der Waals surface area contributed by atoms with Crippen LogP contribution in [0.15, 0.2) is 82.8 Å². The molecule has 13 heteroatoms. The molecule has 0 saturated carbocycles. The van der Waals surface area contributed by atoms with Gasteiger partial charge in [0.2, 0.25) is 5.91 Å². The van der Waals surface area contributed by atoms with Crippen molar-refractivity contribution in [3.63, 3.8) is 0 Å². The lowest BCUT2D eigenvalue weighted by molar-refractivity contribution is -0.138. The lowest BCUT2D eigenvalue weighted by atomic mass is 10.1. The fourth-order valence-corrected chi connectivity index (χ4v) is 3.80. The zero-order valence-corrected chi connectivity index (χ0v) is 18.8. The van der Waals surface area contributed by atoms with Crippen molar-refractivity contribution >= 4 is 22.2 Å². The van der Waals surface area contributed by atoms with Gasteiger partial charge in [-0.1, -0.05) is 24.3 Å². The summed E-state index contributed by atoms with van der Waals surface area (Å²) in [7, 11) is -4.49. The molecule has 0 saturated heterocycles. The van der Waals surface area contributed by atoms with Crippen LogP contribution < -0.4 is 9.61 Å². The number of hydrazone groups is 1. The lowest BCUT2D eigenvalue weighted by Gasteiger charge is -2.11. The van der Waals surface area contributed by atoms with E-state index < -0.39 is 44.4 Å². The monoisotopic (exact) mass is 530 g/mol. The van der Waals surface area contributed by atoms with Crippen molar-refractivity contribution in [1.82, 2.24) is 5.43 Å². The van der Waals surface area contributed by atoms with Crippen molar-refractivity contribution in [3.05, 3.63) is 95.1 Å².